The van der Waals surface area contributed by atoms with Crippen LogP contribution < -0.4 is 5.56 Å². The molecule has 0 saturated heterocycles. The van der Waals surface area contributed by atoms with Gasteiger partial charge in [0.25, 0.3) is 0 Å². The molecule has 0 unspecified atom stereocenters. The molecule has 0 atom stereocenters. The first-order valence-electron chi connectivity index (χ1n) is 3.58. The second-order valence-electron chi connectivity index (χ2n) is 2.55. The number of aliphatic carboxylic acids is 1. The van der Waals surface area contributed by atoms with Crippen molar-refractivity contribution < 1.29 is 14.8 Å². The molecule has 7 nitrogen and oxygen atoms in total. The Bertz CT molecular complexity index is 436. The number of carboxylic acids is 1. The van der Waals surface area contributed by atoms with Crippen LogP contribution in [-0.4, -0.2) is 21.0 Å². The molecule has 0 aliphatic rings. The fourth-order valence-electron chi connectivity index (χ4n) is 0.927. The van der Waals surface area contributed by atoms with Gasteiger partial charge in [-0.05, 0) is 5.56 Å². The van der Waals surface area contributed by atoms with Gasteiger partial charge in [0.1, 0.15) is 0 Å². The van der Waals surface area contributed by atoms with Crippen LogP contribution in [0.2, 0.25) is 0 Å². The summed E-state index contributed by atoms with van der Waals surface area (Å²) in [5.41, 5.74) is -1.31. The zero-order valence-corrected chi connectivity index (χ0v) is 6.89. The summed E-state index contributed by atoms with van der Waals surface area (Å²) in [4.78, 5) is 32.7. The normalized spacial score (nSPS) is 9.71. The van der Waals surface area contributed by atoms with Crippen molar-refractivity contribution in [1.82, 2.24) is 4.98 Å². The number of nitrogens with one attached hydrogen (secondary N) is 1. The van der Waals surface area contributed by atoms with Crippen molar-refractivity contribution in [3.63, 3.8) is 0 Å². The highest BCUT2D eigenvalue weighted by Gasteiger charge is 2.13. The van der Waals surface area contributed by atoms with Crippen LogP contribution in [0.3, 0.4) is 0 Å². The number of hydrogen-bond donors (Lipinski definition) is 2. The van der Waals surface area contributed by atoms with Gasteiger partial charge in [-0.1, -0.05) is 0 Å². The van der Waals surface area contributed by atoms with Crippen LogP contribution >= 0.6 is 0 Å². The average molecular weight is 198 g/mol. The quantitative estimate of drug-likeness (QED) is 0.520. The molecule has 14 heavy (non-hydrogen) atoms. The topological polar surface area (TPSA) is 113 Å². The number of pyridine rings is 1. The molecule has 0 aromatic carbocycles. The molecule has 0 spiro atoms. The highest BCUT2D eigenvalue weighted by molar-refractivity contribution is 5.70. The molecule has 74 valence electrons. The summed E-state index contributed by atoms with van der Waals surface area (Å²) in [5, 5.41) is 18.7. The second kappa shape index (κ2) is 3.69. The van der Waals surface area contributed by atoms with E-state index < -0.39 is 22.1 Å². The lowest BCUT2D eigenvalue weighted by molar-refractivity contribution is -0.386. The first-order chi connectivity index (χ1) is 6.50. The summed E-state index contributed by atoms with van der Waals surface area (Å²) in [5.74, 6) is -1.12. The van der Waals surface area contributed by atoms with E-state index >= 15 is 0 Å². The largest absolute Gasteiger partial charge is 0.481 e. The molecule has 0 saturated carbocycles. The van der Waals surface area contributed by atoms with Crippen LogP contribution in [0.15, 0.2) is 17.1 Å². The Morgan fingerprint density at radius 1 is 1.64 bits per heavy atom. The van der Waals surface area contributed by atoms with E-state index in [0.717, 1.165) is 12.3 Å². The Balaban J connectivity index is 3.13. The minimum Gasteiger partial charge on any atom is -0.481 e. The number of hydrogen-bond acceptors (Lipinski definition) is 4. The van der Waals surface area contributed by atoms with Gasteiger partial charge in [-0.2, -0.15) is 0 Å². The standard InChI is InChI=1S/C7H6N2O5/c10-6(11)2-4-1-5(9(13)14)7(12)8-3-4/h1,3H,2H2,(H,8,12)(H,10,11). The van der Waals surface area contributed by atoms with Crippen molar-refractivity contribution in [3.05, 3.63) is 38.3 Å². The van der Waals surface area contributed by atoms with Crippen LogP contribution in [0, 0.1) is 10.1 Å². The Kier molecular flexibility index (Phi) is 2.61. The van der Waals surface area contributed by atoms with Crippen molar-refractivity contribution in [2.45, 2.75) is 6.42 Å². The van der Waals surface area contributed by atoms with Crippen LogP contribution in [0.4, 0.5) is 5.69 Å². The fourth-order valence-corrected chi connectivity index (χ4v) is 0.927. The molecule has 1 aromatic heterocycles. The maximum Gasteiger partial charge on any atom is 0.334 e. The van der Waals surface area contributed by atoms with Gasteiger partial charge in [-0.3, -0.25) is 19.7 Å². The van der Waals surface area contributed by atoms with Gasteiger partial charge in [0.2, 0.25) is 0 Å². The van der Waals surface area contributed by atoms with Gasteiger partial charge in [0, 0.05) is 12.3 Å². The van der Waals surface area contributed by atoms with E-state index in [2.05, 4.69) is 4.98 Å². The Labute approximate surface area is 77.2 Å². The van der Waals surface area contributed by atoms with Gasteiger partial charge >= 0.3 is 17.2 Å². The Hall–Kier alpha value is -2.18. The van der Waals surface area contributed by atoms with Crippen molar-refractivity contribution >= 4 is 11.7 Å². The van der Waals surface area contributed by atoms with Gasteiger partial charge < -0.3 is 10.1 Å². The molecule has 7 heteroatoms. The third-order valence-electron chi connectivity index (χ3n) is 1.50. The van der Waals surface area contributed by atoms with Crippen LogP contribution in [0.5, 0.6) is 0 Å². The summed E-state index contributed by atoms with van der Waals surface area (Å²) in [7, 11) is 0. The number of nitro groups is 1. The molecule has 1 rings (SSSR count). The van der Waals surface area contributed by atoms with Gasteiger partial charge in [-0.25, -0.2) is 0 Å². The molecule has 1 aromatic rings. The maximum atomic E-state index is 10.9. The summed E-state index contributed by atoms with van der Waals surface area (Å²) < 4.78 is 0. The molecule has 0 amide bonds. The minimum absolute atomic E-state index is 0.184. The summed E-state index contributed by atoms with van der Waals surface area (Å²) in [6, 6.07) is 0.951. The van der Waals surface area contributed by atoms with Crippen molar-refractivity contribution in [3.8, 4) is 0 Å². The molecule has 0 aliphatic heterocycles. The van der Waals surface area contributed by atoms with E-state index in [-0.39, 0.29) is 12.0 Å². The maximum absolute atomic E-state index is 10.9. The zero-order chi connectivity index (χ0) is 10.7. The second-order valence-corrected chi connectivity index (χ2v) is 2.55. The van der Waals surface area contributed by atoms with Gasteiger partial charge in [0.05, 0.1) is 11.3 Å². The zero-order valence-electron chi connectivity index (χ0n) is 6.89. The molecular weight excluding hydrogens is 192 g/mol. The highest BCUT2D eigenvalue weighted by atomic mass is 16.6. The van der Waals surface area contributed by atoms with Crippen LogP contribution in [0.25, 0.3) is 0 Å². The molecule has 0 aliphatic carbocycles. The third kappa shape index (κ3) is 2.16. The minimum atomic E-state index is -1.12. The number of carbonyl (C=O) groups is 1. The molecule has 0 radical (unpaired) electrons. The number of aromatic nitrogens is 1. The lowest BCUT2D eigenvalue weighted by atomic mass is 10.2. The van der Waals surface area contributed by atoms with Crippen molar-refractivity contribution in [2.75, 3.05) is 0 Å². The number of aromatic amines is 1. The molecule has 0 fully saturated rings. The van der Waals surface area contributed by atoms with Crippen molar-refractivity contribution in [1.29, 1.82) is 0 Å². The Morgan fingerprint density at radius 3 is 2.79 bits per heavy atom. The number of rotatable bonds is 3. The third-order valence-corrected chi connectivity index (χ3v) is 1.50. The summed E-state index contributed by atoms with van der Waals surface area (Å²) in [6.07, 6.45) is 0.779. The molecule has 1 heterocycles. The van der Waals surface area contributed by atoms with E-state index in [1.165, 1.54) is 0 Å². The first-order valence-corrected chi connectivity index (χ1v) is 3.58. The summed E-state index contributed by atoms with van der Waals surface area (Å²) in [6.45, 7) is 0. The van der Waals surface area contributed by atoms with E-state index in [0.29, 0.717) is 0 Å². The predicted molar refractivity (Wildman–Crippen MR) is 45.1 cm³/mol. The van der Waals surface area contributed by atoms with E-state index in [9.17, 15) is 19.7 Å². The number of H-pyrrole nitrogens is 1. The lowest BCUT2D eigenvalue weighted by Crippen LogP contribution is -2.12. The van der Waals surface area contributed by atoms with E-state index in [4.69, 9.17) is 5.11 Å². The monoisotopic (exact) mass is 198 g/mol. The fraction of sp³-hybridized carbons (Fsp3) is 0.143. The average Bonchev–Trinajstić information content (AvgIpc) is 2.07. The molecular formula is C7H6N2O5. The molecule has 0 bridgehead atoms. The number of nitrogens with zero attached hydrogens (tertiary/aromatic N) is 1. The highest BCUT2D eigenvalue weighted by Crippen LogP contribution is 2.06. The Morgan fingerprint density at radius 2 is 2.29 bits per heavy atom. The van der Waals surface area contributed by atoms with E-state index in [1.54, 1.807) is 0 Å². The smallest absolute Gasteiger partial charge is 0.334 e. The SMILES string of the molecule is O=C(O)Cc1c[nH]c(=O)c([N+](=O)[O-])c1. The predicted octanol–water partition coefficient (Wildman–Crippen LogP) is -0.0898. The molecule has 2 N–H and O–H groups in total. The van der Waals surface area contributed by atoms with Gasteiger partial charge in [0.15, 0.2) is 0 Å². The summed E-state index contributed by atoms with van der Waals surface area (Å²) >= 11 is 0. The van der Waals surface area contributed by atoms with Gasteiger partial charge in [-0.15, -0.1) is 0 Å². The lowest BCUT2D eigenvalue weighted by Gasteiger charge is -1.95. The van der Waals surface area contributed by atoms with E-state index in [1.807, 2.05) is 0 Å². The van der Waals surface area contributed by atoms with Crippen LogP contribution in [-0.2, 0) is 11.2 Å². The van der Waals surface area contributed by atoms with Crippen LogP contribution in [0.1, 0.15) is 5.56 Å². The number of carboxylic acid groups (broad SMARTS) is 1. The first kappa shape index (κ1) is 9.90. The van der Waals surface area contributed by atoms with Crippen molar-refractivity contribution in [2.24, 2.45) is 0 Å².